The minimum atomic E-state index is -1.20. The minimum Gasteiger partial charge on any atom is -0.550 e. The normalized spacial score (nSPS) is 10.8. The van der Waals surface area contributed by atoms with Gasteiger partial charge in [0, 0.05) is 58.5 Å². The van der Waals surface area contributed by atoms with E-state index in [0.29, 0.717) is 16.1 Å². The molecule has 0 bridgehead atoms. The summed E-state index contributed by atoms with van der Waals surface area (Å²) >= 11 is 5.61. The maximum Gasteiger partial charge on any atom is 1.00 e. The van der Waals surface area contributed by atoms with Crippen molar-refractivity contribution < 1.29 is 53.9 Å². The van der Waals surface area contributed by atoms with Crippen LogP contribution in [0.4, 0.5) is 0 Å². The Hall–Kier alpha value is -3.18. The summed E-state index contributed by atoms with van der Waals surface area (Å²) in [5.74, 6) is 3.00. The zero-order valence-electron chi connectivity index (χ0n) is 21.4. The Balaban J connectivity index is 0.00000462. The Labute approximate surface area is 271 Å². The van der Waals surface area contributed by atoms with E-state index in [1.165, 1.54) is 51.5 Å². The first-order valence-electron chi connectivity index (χ1n) is 11.3. The van der Waals surface area contributed by atoms with Crippen molar-refractivity contribution in [1.29, 1.82) is 0 Å². The summed E-state index contributed by atoms with van der Waals surface area (Å²) in [5.41, 5.74) is 18.0. The van der Waals surface area contributed by atoms with Crippen molar-refractivity contribution >= 4 is 63.2 Å². The Morgan fingerprint density at radius 3 is 2.44 bits per heavy atom. The summed E-state index contributed by atoms with van der Waals surface area (Å²) < 4.78 is 0. The molecule has 0 saturated heterocycles. The number of nitrogens with zero attached hydrogens (tertiary/aromatic N) is 3. The van der Waals surface area contributed by atoms with E-state index in [1.807, 2.05) is 23.6 Å². The van der Waals surface area contributed by atoms with Gasteiger partial charge in [-0.3, -0.25) is 15.4 Å². The molecule has 4 aromatic heterocycles. The topological polar surface area (TPSA) is 208 Å². The van der Waals surface area contributed by atoms with Gasteiger partial charge in [0.1, 0.15) is 5.28 Å². The summed E-state index contributed by atoms with van der Waals surface area (Å²) in [6, 6.07) is 10.9. The van der Waals surface area contributed by atoms with E-state index < -0.39 is 11.9 Å². The third-order valence-corrected chi connectivity index (χ3v) is 10.1. The van der Waals surface area contributed by atoms with E-state index in [-0.39, 0.29) is 54.9 Å². The molecule has 0 unspecified atom stereocenters. The van der Waals surface area contributed by atoms with Gasteiger partial charge in [-0.05, 0) is 58.4 Å². The van der Waals surface area contributed by atoms with Gasteiger partial charge in [0.15, 0.2) is 0 Å². The van der Waals surface area contributed by atoms with E-state index in [9.17, 15) is 19.5 Å². The molecule has 0 aliphatic rings. The molecule has 0 aliphatic carbocycles. The van der Waals surface area contributed by atoms with E-state index in [2.05, 4.69) is 25.8 Å². The van der Waals surface area contributed by atoms with Crippen LogP contribution in [0.15, 0.2) is 59.0 Å². The third kappa shape index (κ3) is 8.42. The van der Waals surface area contributed by atoms with Gasteiger partial charge in [-0.2, -0.15) is 0 Å². The second-order valence-corrected chi connectivity index (χ2v) is 12.1. The Morgan fingerprint density at radius 1 is 1.00 bits per heavy atom. The van der Waals surface area contributed by atoms with Crippen LogP contribution in [0.2, 0.25) is 0 Å². The molecule has 0 fully saturated rings. The molecule has 0 saturated carbocycles. The van der Waals surface area contributed by atoms with Crippen LogP contribution in [0.5, 0.6) is 0 Å². The van der Waals surface area contributed by atoms with Crippen molar-refractivity contribution in [2.24, 2.45) is 16.9 Å². The average molecular weight is 638 g/mol. The molecule has 12 nitrogen and oxygen atoms in total. The molecule has 4 aromatic rings. The maximum absolute atomic E-state index is 12.5. The molecule has 17 heteroatoms. The molecule has 0 atom stereocenters. The van der Waals surface area contributed by atoms with Crippen LogP contribution in [0.1, 0.15) is 20.8 Å². The van der Waals surface area contributed by atoms with Crippen molar-refractivity contribution in [3.8, 4) is 29.3 Å². The molecule has 4 heterocycles. The van der Waals surface area contributed by atoms with E-state index >= 15 is 0 Å². The monoisotopic (exact) mass is 637 g/mol. The third-order valence-electron chi connectivity index (χ3n) is 5.25. The zero-order valence-corrected chi connectivity index (χ0v) is 26.7. The molecule has 41 heavy (non-hydrogen) atoms. The van der Waals surface area contributed by atoms with Gasteiger partial charge < -0.3 is 31.2 Å². The summed E-state index contributed by atoms with van der Waals surface area (Å²) in [6.07, 6.45) is 1.04. The minimum absolute atomic E-state index is 0. The number of carbonyl (C=O) groups excluding carboxylic acids is 3. The zero-order chi connectivity index (χ0) is 28.6. The van der Waals surface area contributed by atoms with Crippen LogP contribution >= 0.6 is 45.3 Å². The number of carbonyl (C=O) groups is 3. The number of hydrogen-bond acceptors (Lipinski definition) is 13. The number of amides is 1. The number of hydrogen-bond donors (Lipinski definition) is 4. The Bertz CT molecular complexity index is 1630. The molecule has 0 spiro atoms. The van der Waals surface area contributed by atoms with Gasteiger partial charge in [0.25, 0.3) is 5.91 Å². The number of nitrogens with one attached hydrogen (secondary N) is 2. The first-order chi connectivity index (χ1) is 19.3. The van der Waals surface area contributed by atoms with Crippen LogP contribution in [-0.2, 0) is 27.3 Å². The van der Waals surface area contributed by atoms with Gasteiger partial charge in [-0.1, -0.05) is 0 Å². The second-order valence-electron chi connectivity index (χ2n) is 8.00. The fourth-order valence-electron chi connectivity index (χ4n) is 3.59. The molecule has 0 aromatic carbocycles. The van der Waals surface area contributed by atoms with Gasteiger partial charge in [-0.15, -0.1) is 45.3 Å². The molecule has 1 amide bonds. The summed E-state index contributed by atoms with van der Waals surface area (Å²) in [4.78, 5) is 48.3. The SMILES string of the molecule is [N-]=[N+]=NOC(=O)Cc1ccsc1-c1ccc(-c2sc(-c3ccc(C(=O)NC/C(N)=C/NN)s3)cc2CC(=O)[O-])s1.[Na+]. The Kier molecular flexibility index (Phi) is 12.0. The van der Waals surface area contributed by atoms with Crippen LogP contribution in [0, 0.1) is 0 Å². The average Bonchev–Trinajstić information content (AvgIpc) is 3.72. The fourth-order valence-corrected chi connectivity index (χ4v) is 8.01. The van der Waals surface area contributed by atoms with Gasteiger partial charge in [-0.25, -0.2) is 0 Å². The molecule has 206 valence electrons. The first-order valence-corrected chi connectivity index (χ1v) is 14.6. The quantitative estimate of drug-likeness (QED) is 0.0429. The standard InChI is InChI=1S/C24H21N7O5S4.Na/c25-14(11-29-26)10-28-24(35)18-4-1-15(38-18)19-7-13(8-20(32)33)23(40-19)17-3-2-16(39-17)22-12(5-6-37-22)9-21(34)36-31-30-27;/h1-7,11,29H,8-10,25-26H2,(H,28,35)(H,32,33);/q;+1/p-1/b14-11-;. The Morgan fingerprint density at radius 2 is 1.73 bits per heavy atom. The predicted molar refractivity (Wildman–Crippen MR) is 154 cm³/mol. The van der Waals surface area contributed by atoms with Crippen LogP contribution in [-0.4, -0.2) is 24.4 Å². The van der Waals surface area contributed by atoms with Crippen molar-refractivity contribution in [2.75, 3.05) is 6.54 Å². The first kappa shape index (κ1) is 32.3. The largest absolute Gasteiger partial charge is 1.00 e. The van der Waals surface area contributed by atoms with Crippen LogP contribution < -0.4 is 57.0 Å². The fraction of sp³-hybridized carbons (Fsp3) is 0.125. The van der Waals surface area contributed by atoms with Crippen LogP contribution in [0.3, 0.4) is 0 Å². The van der Waals surface area contributed by atoms with E-state index in [1.54, 1.807) is 18.2 Å². The number of rotatable bonds is 12. The number of thiophene rings is 4. The van der Waals surface area contributed by atoms with Gasteiger partial charge >= 0.3 is 35.5 Å². The molecular weight excluding hydrogens is 618 g/mol. The van der Waals surface area contributed by atoms with Crippen molar-refractivity contribution in [1.82, 2.24) is 10.7 Å². The van der Waals surface area contributed by atoms with Crippen molar-refractivity contribution in [3.05, 3.63) is 80.1 Å². The van der Waals surface area contributed by atoms with Gasteiger partial charge in [0.05, 0.1) is 17.8 Å². The van der Waals surface area contributed by atoms with Crippen LogP contribution in [0.25, 0.3) is 39.7 Å². The summed E-state index contributed by atoms with van der Waals surface area (Å²) in [6.45, 7) is 0.122. The number of hydrazine groups is 1. The number of azide groups is 1. The smallest absolute Gasteiger partial charge is 0.550 e. The number of aliphatic carboxylic acids is 1. The maximum atomic E-state index is 12.5. The summed E-state index contributed by atoms with van der Waals surface area (Å²) in [7, 11) is 0. The second kappa shape index (κ2) is 15.2. The molecule has 4 rings (SSSR count). The number of nitrogens with two attached hydrogens (primary N) is 2. The molecule has 6 N–H and O–H groups in total. The van der Waals surface area contributed by atoms with Gasteiger partial charge in [0.2, 0.25) is 0 Å². The van der Waals surface area contributed by atoms with Crippen molar-refractivity contribution in [2.45, 2.75) is 12.8 Å². The van der Waals surface area contributed by atoms with Crippen molar-refractivity contribution in [3.63, 3.8) is 0 Å². The van der Waals surface area contributed by atoms with E-state index in [0.717, 1.165) is 34.8 Å². The number of carboxylic acid groups (broad SMARTS) is 1. The molecule has 0 aliphatic heterocycles. The molecule has 0 radical (unpaired) electrons. The number of carboxylic acids is 1. The van der Waals surface area contributed by atoms with E-state index in [4.69, 9.17) is 17.1 Å². The molecular formula is C24H20N7NaO5S4. The predicted octanol–water partition coefficient (Wildman–Crippen LogP) is 0.534. The summed E-state index contributed by atoms with van der Waals surface area (Å²) in [5, 5.41) is 18.9.